The van der Waals surface area contributed by atoms with Crippen molar-refractivity contribution < 1.29 is 23.5 Å². The van der Waals surface area contributed by atoms with Crippen molar-refractivity contribution in [2.45, 2.75) is 39.0 Å². The molecule has 0 radical (unpaired) electrons. The number of nitrogens with one attached hydrogen (secondary N) is 1. The number of ether oxygens (including phenoxy) is 1. The first kappa shape index (κ1) is 18.4. The number of aryl methyl sites for hydroxylation is 1. The van der Waals surface area contributed by atoms with E-state index in [1.807, 2.05) is 31.2 Å². The molecule has 2 aliphatic heterocycles. The van der Waals surface area contributed by atoms with E-state index in [0.29, 0.717) is 23.5 Å². The highest BCUT2D eigenvalue weighted by Crippen LogP contribution is 2.34. The number of nitrogens with zero attached hydrogens (tertiary/aromatic N) is 1. The Balaban J connectivity index is 1.36. The molecule has 3 aromatic rings. The maximum Gasteiger partial charge on any atom is 0.255 e. The van der Waals surface area contributed by atoms with Gasteiger partial charge in [-0.15, -0.1) is 0 Å². The third-order valence-electron chi connectivity index (χ3n) is 5.63. The van der Waals surface area contributed by atoms with Crippen molar-refractivity contribution in [1.82, 2.24) is 10.2 Å². The van der Waals surface area contributed by atoms with Gasteiger partial charge in [-0.1, -0.05) is 17.7 Å². The minimum atomic E-state index is -0.644. The number of carbonyl (C=O) groups excluding carboxylic acids is 3. The smallest absolute Gasteiger partial charge is 0.255 e. The lowest BCUT2D eigenvalue weighted by atomic mass is 10.0. The zero-order valence-corrected chi connectivity index (χ0v) is 16.4. The van der Waals surface area contributed by atoms with E-state index in [2.05, 4.69) is 11.4 Å². The molecule has 1 fully saturated rings. The van der Waals surface area contributed by atoms with Gasteiger partial charge in [0.15, 0.2) is 0 Å². The highest BCUT2D eigenvalue weighted by molar-refractivity contribution is 6.05. The molecule has 1 unspecified atom stereocenters. The van der Waals surface area contributed by atoms with Crippen LogP contribution in [0.2, 0.25) is 0 Å². The predicted molar refractivity (Wildman–Crippen MR) is 108 cm³/mol. The van der Waals surface area contributed by atoms with Crippen LogP contribution in [-0.2, 0) is 22.7 Å². The molecule has 5 rings (SSSR count). The van der Waals surface area contributed by atoms with Crippen LogP contribution in [0.4, 0.5) is 0 Å². The molecule has 1 atom stereocenters. The van der Waals surface area contributed by atoms with Gasteiger partial charge in [-0.05, 0) is 43.7 Å². The number of furan rings is 1. The molecule has 2 aromatic carbocycles. The monoisotopic (exact) mass is 404 g/mol. The van der Waals surface area contributed by atoms with Crippen LogP contribution in [0.5, 0.6) is 5.75 Å². The first-order valence-corrected chi connectivity index (χ1v) is 9.88. The molecule has 152 valence electrons. The summed E-state index contributed by atoms with van der Waals surface area (Å²) in [6.07, 6.45) is 0.560. The molecule has 1 aromatic heterocycles. The molecular weight excluding hydrogens is 384 g/mol. The first-order chi connectivity index (χ1) is 14.5. The van der Waals surface area contributed by atoms with Crippen molar-refractivity contribution in [1.29, 1.82) is 0 Å². The summed E-state index contributed by atoms with van der Waals surface area (Å²) >= 11 is 0. The van der Waals surface area contributed by atoms with Crippen molar-refractivity contribution in [3.05, 3.63) is 64.9 Å². The second-order valence-corrected chi connectivity index (χ2v) is 7.72. The highest BCUT2D eigenvalue weighted by atomic mass is 16.5. The molecule has 7 nitrogen and oxygen atoms in total. The average molecular weight is 404 g/mol. The van der Waals surface area contributed by atoms with Crippen LogP contribution < -0.4 is 10.1 Å². The van der Waals surface area contributed by atoms with Crippen LogP contribution in [-0.4, -0.2) is 28.7 Å². The van der Waals surface area contributed by atoms with Crippen LogP contribution in [0, 0.1) is 6.92 Å². The van der Waals surface area contributed by atoms with Gasteiger partial charge in [0.1, 0.15) is 29.7 Å². The molecule has 1 N–H and O–H groups in total. The zero-order valence-electron chi connectivity index (χ0n) is 16.4. The summed E-state index contributed by atoms with van der Waals surface area (Å²) in [4.78, 5) is 38.1. The summed E-state index contributed by atoms with van der Waals surface area (Å²) in [5.74, 6) is 0.342. The van der Waals surface area contributed by atoms with Crippen molar-refractivity contribution >= 4 is 28.7 Å². The molecule has 1 saturated heterocycles. The lowest BCUT2D eigenvalue weighted by molar-refractivity contribution is -0.136. The van der Waals surface area contributed by atoms with Gasteiger partial charge in [0, 0.05) is 22.9 Å². The Morgan fingerprint density at radius 2 is 2.03 bits per heavy atom. The zero-order chi connectivity index (χ0) is 20.8. The molecule has 0 spiro atoms. The molecule has 0 saturated carbocycles. The summed E-state index contributed by atoms with van der Waals surface area (Å²) in [5, 5.41) is 3.34. The van der Waals surface area contributed by atoms with E-state index in [1.54, 1.807) is 12.1 Å². The molecule has 7 heteroatoms. The second-order valence-electron chi connectivity index (χ2n) is 7.72. The molecule has 30 heavy (non-hydrogen) atoms. The van der Waals surface area contributed by atoms with E-state index in [4.69, 9.17) is 9.15 Å². The van der Waals surface area contributed by atoms with E-state index < -0.39 is 11.9 Å². The summed E-state index contributed by atoms with van der Waals surface area (Å²) in [5.41, 5.74) is 3.23. The number of hydrogen-bond acceptors (Lipinski definition) is 5. The number of rotatable bonds is 4. The highest BCUT2D eigenvalue weighted by Gasteiger charge is 2.40. The van der Waals surface area contributed by atoms with Gasteiger partial charge in [-0.2, -0.15) is 0 Å². The van der Waals surface area contributed by atoms with Crippen LogP contribution >= 0.6 is 0 Å². The fourth-order valence-electron chi connectivity index (χ4n) is 4.13. The Morgan fingerprint density at radius 3 is 2.87 bits per heavy atom. The number of fused-ring (bicyclic) bond motifs is 2. The Kier molecular flexibility index (Phi) is 4.31. The number of amides is 3. The third-order valence-corrected chi connectivity index (χ3v) is 5.63. The molecular formula is C23H20N2O5. The number of piperidine rings is 1. The molecule has 3 heterocycles. The number of imide groups is 1. The maximum atomic E-state index is 12.9. The van der Waals surface area contributed by atoms with Gasteiger partial charge in [-0.3, -0.25) is 19.7 Å². The van der Waals surface area contributed by atoms with Crippen molar-refractivity contribution in [2.24, 2.45) is 0 Å². The predicted octanol–water partition coefficient (Wildman–Crippen LogP) is 3.08. The van der Waals surface area contributed by atoms with Gasteiger partial charge in [0.2, 0.25) is 11.8 Å². The minimum absolute atomic E-state index is 0.218. The van der Waals surface area contributed by atoms with E-state index in [1.165, 1.54) is 4.90 Å². The lowest BCUT2D eigenvalue weighted by Crippen LogP contribution is -2.52. The van der Waals surface area contributed by atoms with Gasteiger partial charge in [-0.25, -0.2) is 0 Å². The molecule has 0 bridgehead atoms. The number of hydrogen-bond donors (Lipinski definition) is 1. The van der Waals surface area contributed by atoms with E-state index in [9.17, 15) is 14.4 Å². The lowest BCUT2D eigenvalue weighted by Gasteiger charge is -2.29. The summed E-state index contributed by atoms with van der Waals surface area (Å²) < 4.78 is 11.8. The van der Waals surface area contributed by atoms with Gasteiger partial charge < -0.3 is 14.1 Å². The fourth-order valence-corrected chi connectivity index (χ4v) is 4.13. The standard InChI is InChI=1S/C23H20N2O5/c1-13-5-7-19-14(9-13)10-15(30-19)12-29-20-4-2-3-16-17(20)11-25(23(16)28)18-6-8-21(26)24-22(18)27/h2-5,7,9-10,18H,6,8,11-12H2,1H3,(H,24,26,27). The molecule has 3 amide bonds. The summed E-state index contributed by atoms with van der Waals surface area (Å²) in [6, 6.07) is 12.6. The van der Waals surface area contributed by atoms with Gasteiger partial charge >= 0.3 is 0 Å². The minimum Gasteiger partial charge on any atom is -0.485 e. The fraction of sp³-hybridized carbons (Fsp3) is 0.261. The van der Waals surface area contributed by atoms with Crippen molar-refractivity contribution in [3.8, 4) is 5.75 Å². The van der Waals surface area contributed by atoms with E-state index in [-0.39, 0.29) is 31.4 Å². The second kappa shape index (κ2) is 7.02. The van der Waals surface area contributed by atoms with E-state index in [0.717, 1.165) is 22.1 Å². The quantitative estimate of drug-likeness (QED) is 0.675. The Bertz CT molecular complexity index is 1200. The third kappa shape index (κ3) is 3.12. The Hall–Kier alpha value is -3.61. The molecule has 2 aliphatic rings. The number of benzene rings is 2. The number of carbonyl (C=O) groups is 3. The maximum absolute atomic E-state index is 12.9. The van der Waals surface area contributed by atoms with Crippen LogP contribution in [0.15, 0.2) is 46.9 Å². The van der Waals surface area contributed by atoms with Crippen LogP contribution in [0.1, 0.15) is 40.1 Å². The van der Waals surface area contributed by atoms with Gasteiger partial charge in [0.25, 0.3) is 5.91 Å². The van der Waals surface area contributed by atoms with E-state index >= 15 is 0 Å². The SMILES string of the molecule is Cc1ccc2oc(COc3cccc4c3CN(C3CCC(=O)NC3=O)C4=O)cc2c1. The van der Waals surface area contributed by atoms with Crippen LogP contribution in [0.3, 0.4) is 0 Å². The topological polar surface area (TPSA) is 88.8 Å². The summed E-state index contributed by atoms with van der Waals surface area (Å²) in [6.45, 7) is 2.54. The average Bonchev–Trinajstić information content (AvgIpc) is 3.27. The molecule has 0 aliphatic carbocycles. The Labute approximate surface area is 172 Å². The normalized spacial score (nSPS) is 18.6. The Morgan fingerprint density at radius 1 is 1.17 bits per heavy atom. The van der Waals surface area contributed by atoms with Gasteiger partial charge in [0.05, 0.1) is 6.54 Å². The largest absolute Gasteiger partial charge is 0.485 e. The first-order valence-electron chi connectivity index (χ1n) is 9.88. The van der Waals surface area contributed by atoms with Crippen molar-refractivity contribution in [2.75, 3.05) is 0 Å². The van der Waals surface area contributed by atoms with Crippen molar-refractivity contribution in [3.63, 3.8) is 0 Å². The van der Waals surface area contributed by atoms with Crippen LogP contribution in [0.25, 0.3) is 11.0 Å². The summed E-state index contributed by atoms with van der Waals surface area (Å²) in [7, 11) is 0.